The number of Topliss-reactive ketones (excluding diaryl/α,β-unsaturated/α-hetero) is 1. The molecule has 1 aromatic carbocycles. The first-order valence-electron chi connectivity index (χ1n) is 5.62. The zero-order valence-electron chi connectivity index (χ0n) is 9.81. The van der Waals surface area contributed by atoms with Crippen LogP contribution in [0, 0.1) is 0 Å². The number of carbonyl (C=O) groups is 2. The Morgan fingerprint density at radius 3 is 2.82 bits per heavy atom. The molecule has 17 heavy (non-hydrogen) atoms. The van der Waals surface area contributed by atoms with Crippen LogP contribution in [0.5, 0.6) is 5.75 Å². The lowest BCUT2D eigenvalue weighted by Gasteiger charge is -2.15. The highest BCUT2D eigenvalue weighted by Crippen LogP contribution is 2.19. The van der Waals surface area contributed by atoms with Crippen molar-refractivity contribution in [3.63, 3.8) is 0 Å². The number of hydrogen-bond donors (Lipinski definition) is 0. The van der Waals surface area contributed by atoms with Crippen LogP contribution in [-0.4, -0.2) is 36.8 Å². The van der Waals surface area contributed by atoms with Crippen molar-refractivity contribution in [2.45, 2.75) is 12.8 Å². The van der Waals surface area contributed by atoms with Crippen LogP contribution >= 0.6 is 0 Å². The van der Waals surface area contributed by atoms with Crippen molar-refractivity contribution in [3.8, 4) is 5.75 Å². The molecule has 2 rings (SSSR count). The van der Waals surface area contributed by atoms with Gasteiger partial charge in [0.05, 0.1) is 20.1 Å². The van der Waals surface area contributed by atoms with E-state index in [1.807, 2.05) is 24.3 Å². The van der Waals surface area contributed by atoms with Crippen molar-refractivity contribution < 1.29 is 14.3 Å². The fourth-order valence-electron chi connectivity index (χ4n) is 1.97. The first kappa shape index (κ1) is 11.6. The molecule has 0 saturated carbocycles. The molecule has 0 radical (unpaired) electrons. The second kappa shape index (κ2) is 4.99. The number of benzene rings is 1. The van der Waals surface area contributed by atoms with E-state index in [0.29, 0.717) is 18.7 Å². The minimum absolute atomic E-state index is 0.0136. The Labute approximate surface area is 100 Å². The number of likely N-dealkylation sites (tertiary alicyclic amines) is 1. The van der Waals surface area contributed by atoms with Gasteiger partial charge in [-0.25, -0.2) is 0 Å². The summed E-state index contributed by atoms with van der Waals surface area (Å²) in [4.78, 5) is 24.7. The SMILES string of the molecule is COc1ccccc1CC(=O)N1CCC(=O)C1. The fourth-order valence-corrected chi connectivity index (χ4v) is 1.97. The summed E-state index contributed by atoms with van der Waals surface area (Å²) in [5, 5.41) is 0. The second-order valence-corrected chi connectivity index (χ2v) is 4.09. The largest absolute Gasteiger partial charge is 0.496 e. The minimum Gasteiger partial charge on any atom is -0.496 e. The maximum atomic E-state index is 11.9. The van der Waals surface area contributed by atoms with Crippen molar-refractivity contribution >= 4 is 11.7 Å². The number of methoxy groups -OCH3 is 1. The quantitative estimate of drug-likeness (QED) is 0.783. The number of ether oxygens (including phenoxy) is 1. The van der Waals surface area contributed by atoms with Gasteiger partial charge < -0.3 is 9.64 Å². The number of rotatable bonds is 3. The maximum Gasteiger partial charge on any atom is 0.227 e. The lowest BCUT2D eigenvalue weighted by Crippen LogP contribution is -2.30. The van der Waals surface area contributed by atoms with Gasteiger partial charge in [0.2, 0.25) is 5.91 Å². The zero-order valence-corrected chi connectivity index (χ0v) is 9.81. The van der Waals surface area contributed by atoms with Crippen LogP contribution in [0.15, 0.2) is 24.3 Å². The smallest absolute Gasteiger partial charge is 0.227 e. The van der Waals surface area contributed by atoms with E-state index >= 15 is 0 Å². The first-order chi connectivity index (χ1) is 8.20. The minimum atomic E-state index is -0.0136. The monoisotopic (exact) mass is 233 g/mol. The molecule has 0 bridgehead atoms. The van der Waals surface area contributed by atoms with Gasteiger partial charge in [-0.15, -0.1) is 0 Å². The molecule has 0 aromatic heterocycles. The molecular weight excluding hydrogens is 218 g/mol. The Bertz CT molecular complexity index is 442. The lowest BCUT2D eigenvalue weighted by atomic mass is 10.1. The van der Waals surface area contributed by atoms with Crippen LogP contribution in [0.2, 0.25) is 0 Å². The van der Waals surface area contributed by atoms with Crippen LogP contribution in [0.4, 0.5) is 0 Å². The summed E-state index contributed by atoms with van der Waals surface area (Å²) in [5.74, 6) is 0.838. The molecule has 1 aromatic rings. The number of amides is 1. The van der Waals surface area contributed by atoms with E-state index in [2.05, 4.69) is 0 Å². The molecule has 1 amide bonds. The highest BCUT2D eigenvalue weighted by atomic mass is 16.5. The lowest BCUT2D eigenvalue weighted by molar-refractivity contribution is -0.131. The van der Waals surface area contributed by atoms with Crippen molar-refractivity contribution in [2.75, 3.05) is 20.2 Å². The molecule has 0 spiro atoms. The van der Waals surface area contributed by atoms with Crippen molar-refractivity contribution in [2.24, 2.45) is 0 Å². The third kappa shape index (κ3) is 2.64. The standard InChI is InChI=1S/C13H15NO3/c1-17-12-5-3-2-4-10(12)8-13(16)14-7-6-11(15)9-14/h2-5H,6-9H2,1H3. The molecule has 1 aliphatic rings. The van der Waals surface area contributed by atoms with Crippen LogP contribution in [0.1, 0.15) is 12.0 Å². The summed E-state index contributed by atoms with van der Waals surface area (Å²) in [6, 6.07) is 7.44. The van der Waals surface area contributed by atoms with Gasteiger partial charge in [0, 0.05) is 18.5 Å². The first-order valence-corrected chi connectivity index (χ1v) is 5.62. The molecule has 90 valence electrons. The predicted octanol–water partition coefficient (Wildman–Crippen LogP) is 1.04. The zero-order chi connectivity index (χ0) is 12.3. The van der Waals surface area contributed by atoms with Gasteiger partial charge in [-0.2, -0.15) is 0 Å². The normalized spacial score (nSPS) is 15.1. The Hall–Kier alpha value is -1.84. The van der Waals surface area contributed by atoms with Crippen molar-refractivity contribution in [1.82, 2.24) is 4.90 Å². The molecule has 0 aliphatic carbocycles. The van der Waals surface area contributed by atoms with E-state index in [1.165, 1.54) is 0 Å². The molecule has 0 unspecified atom stereocenters. The van der Waals surface area contributed by atoms with Gasteiger partial charge in [0.15, 0.2) is 5.78 Å². The Morgan fingerprint density at radius 2 is 2.18 bits per heavy atom. The second-order valence-electron chi connectivity index (χ2n) is 4.09. The van der Waals surface area contributed by atoms with Crippen molar-refractivity contribution in [3.05, 3.63) is 29.8 Å². The highest BCUT2D eigenvalue weighted by molar-refractivity contribution is 5.90. The summed E-state index contributed by atoms with van der Waals surface area (Å²) in [6.45, 7) is 0.806. The molecule has 1 fully saturated rings. The van der Waals surface area contributed by atoms with Gasteiger partial charge in [0.25, 0.3) is 0 Å². The van der Waals surface area contributed by atoms with E-state index in [1.54, 1.807) is 12.0 Å². The van der Waals surface area contributed by atoms with Crippen molar-refractivity contribution in [1.29, 1.82) is 0 Å². The number of para-hydroxylation sites is 1. The number of hydrogen-bond acceptors (Lipinski definition) is 3. The van der Waals surface area contributed by atoms with Crippen LogP contribution in [0.25, 0.3) is 0 Å². The summed E-state index contributed by atoms with van der Waals surface area (Å²) < 4.78 is 5.19. The van der Waals surface area contributed by atoms with Gasteiger partial charge >= 0.3 is 0 Å². The average Bonchev–Trinajstić information content (AvgIpc) is 2.77. The van der Waals surface area contributed by atoms with E-state index in [-0.39, 0.29) is 24.7 Å². The van der Waals surface area contributed by atoms with E-state index in [4.69, 9.17) is 4.74 Å². The number of carbonyl (C=O) groups excluding carboxylic acids is 2. The fraction of sp³-hybridized carbons (Fsp3) is 0.385. The molecule has 1 aliphatic heterocycles. The average molecular weight is 233 g/mol. The van der Waals surface area contributed by atoms with E-state index in [9.17, 15) is 9.59 Å². The predicted molar refractivity (Wildman–Crippen MR) is 62.9 cm³/mol. The highest BCUT2D eigenvalue weighted by Gasteiger charge is 2.24. The van der Waals surface area contributed by atoms with Crippen LogP contribution < -0.4 is 4.74 Å². The third-order valence-corrected chi connectivity index (χ3v) is 2.91. The van der Waals surface area contributed by atoms with Gasteiger partial charge in [-0.1, -0.05) is 18.2 Å². The topological polar surface area (TPSA) is 46.6 Å². The summed E-state index contributed by atoms with van der Waals surface area (Å²) in [7, 11) is 1.59. The molecule has 4 nitrogen and oxygen atoms in total. The molecule has 1 heterocycles. The third-order valence-electron chi connectivity index (χ3n) is 2.91. The Kier molecular flexibility index (Phi) is 3.42. The number of ketones is 1. The van der Waals surface area contributed by atoms with E-state index < -0.39 is 0 Å². The molecule has 1 saturated heterocycles. The van der Waals surface area contributed by atoms with Crippen LogP contribution in [-0.2, 0) is 16.0 Å². The Morgan fingerprint density at radius 1 is 1.41 bits per heavy atom. The summed E-state index contributed by atoms with van der Waals surface area (Å²) >= 11 is 0. The maximum absolute atomic E-state index is 11.9. The van der Waals surface area contributed by atoms with E-state index in [0.717, 1.165) is 5.56 Å². The summed E-state index contributed by atoms with van der Waals surface area (Å²) in [6.07, 6.45) is 0.773. The summed E-state index contributed by atoms with van der Waals surface area (Å²) in [5.41, 5.74) is 0.861. The van der Waals surface area contributed by atoms with Gasteiger partial charge in [0.1, 0.15) is 5.75 Å². The van der Waals surface area contributed by atoms with Gasteiger partial charge in [-0.3, -0.25) is 9.59 Å². The molecule has 4 heteroatoms. The molecule has 0 atom stereocenters. The molecule has 0 N–H and O–H groups in total. The molecular formula is C13H15NO3. The number of nitrogens with zero attached hydrogens (tertiary/aromatic N) is 1. The Balaban J connectivity index is 2.05. The van der Waals surface area contributed by atoms with Crippen LogP contribution in [0.3, 0.4) is 0 Å². The van der Waals surface area contributed by atoms with Gasteiger partial charge in [-0.05, 0) is 6.07 Å².